The molecule has 4 rings (SSSR count). The van der Waals surface area contributed by atoms with Crippen molar-refractivity contribution in [3.05, 3.63) is 54.0 Å². The molecule has 2 aliphatic rings. The maximum absolute atomic E-state index is 13.8. The van der Waals surface area contributed by atoms with E-state index in [4.69, 9.17) is 13.9 Å². The van der Waals surface area contributed by atoms with Gasteiger partial charge in [0.05, 0.1) is 42.7 Å². The minimum Gasteiger partial charge on any atom is -0.457 e. The van der Waals surface area contributed by atoms with Crippen molar-refractivity contribution in [2.45, 2.75) is 90.1 Å². The number of aromatic nitrogens is 1. The van der Waals surface area contributed by atoms with E-state index in [-0.39, 0.29) is 18.6 Å². The van der Waals surface area contributed by atoms with Gasteiger partial charge in [-0.15, -0.1) is 6.58 Å². The number of esters is 1. The lowest BCUT2D eigenvalue weighted by molar-refractivity contribution is -0.164. The molecular formula is C30H39NO7. The third-order valence-corrected chi connectivity index (χ3v) is 8.11. The smallest absolute Gasteiger partial charge is 0.309 e. The Morgan fingerprint density at radius 1 is 1.21 bits per heavy atom. The predicted molar refractivity (Wildman–Crippen MR) is 142 cm³/mol. The third-order valence-electron chi connectivity index (χ3n) is 8.11. The first kappa shape index (κ1) is 28.2. The Hall–Kier alpha value is -2.81. The second-order valence-corrected chi connectivity index (χ2v) is 10.8. The highest BCUT2D eigenvalue weighted by Gasteiger charge is 2.53. The molecule has 2 aromatic rings. The lowest BCUT2D eigenvalue weighted by Crippen LogP contribution is -2.54. The maximum atomic E-state index is 13.8. The molecule has 1 aromatic carbocycles. The lowest BCUT2D eigenvalue weighted by atomic mass is 9.58. The Morgan fingerprint density at radius 3 is 2.66 bits per heavy atom. The van der Waals surface area contributed by atoms with E-state index in [1.165, 1.54) is 0 Å². The Bertz CT molecular complexity index is 1190. The summed E-state index contributed by atoms with van der Waals surface area (Å²) >= 11 is 0. The SMILES string of the molecule is C=CC[C@H]1C(=O)C2(CCC2)[C@@H](O)CC(=O)O[C@H](c2ccc3oc(C)nc3c2)C/C=C(/C)CCO[C@H](C)[C@H]1O. The largest absolute Gasteiger partial charge is 0.457 e. The van der Waals surface area contributed by atoms with E-state index in [0.717, 1.165) is 17.6 Å². The van der Waals surface area contributed by atoms with E-state index in [9.17, 15) is 19.8 Å². The fourth-order valence-corrected chi connectivity index (χ4v) is 5.57. The number of Topliss-reactive ketones (excluding diaryl/α,β-unsaturated/α-hetero) is 1. The molecule has 0 unspecified atom stereocenters. The maximum Gasteiger partial charge on any atom is 0.309 e. The first-order chi connectivity index (χ1) is 18.1. The zero-order chi connectivity index (χ0) is 27.4. The van der Waals surface area contributed by atoms with Crippen LogP contribution in [-0.4, -0.2) is 51.9 Å². The highest BCUT2D eigenvalue weighted by atomic mass is 16.5. The quantitative estimate of drug-likeness (QED) is 0.429. The first-order valence-electron chi connectivity index (χ1n) is 13.5. The molecule has 5 atom stereocenters. The molecule has 2 heterocycles. The molecule has 1 aromatic heterocycles. The third kappa shape index (κ3) is 5.92. The zero-order valence-electron chi connectivity index (χ0n) is 22.5. The van der Waals surface area contributed by atoms with Gasteiger partial charge >= 0.3 is 5.97 Å². The van der Waals surface area contributed by atoms with Crippen LogP contribution in [0.25, 0.3) is 11.1 Å². The van der Waals surface area contributed by atoms with Gasteiger partial charge in [0.1, 0.15) is 17.4 Å². The molecule has 0 radical (unpaired) electrons. The topological polar surface area (TPSA) is 119 Å². The molecule has 38 heavy (non-hydrogen) atoms. The van der Waals surface area contributed by atoms with Crippen LogP contribution in [0.2, 0.25) is 0 Å². The van der Waals surface area contributed by atoms with E-state index >= 15 is 0 Å². The molecule has 0 bridgehead atoms. The van der Waals surface area contributed by atoms with Gasteiger partial charge in [-0.25, -0.2) is 4.98 Å². The van der Waals surface area contributed by atoms with Crippen LogP contribution in [0.5, 0.6) is 0 Å². The molecule has 1 aliphatic heterocycles. The Kier molecular flexibility index (Phi) is 8.85. The van der Waals surface area contributed by atoms with Gasteiger partial charge in [-0.1, -0.05) is 30.2 Å². The van der Waals surface area contributed by atoms with Crippen molar-refractivity contribution < 1.29 is 33.7 Å². The Labute approximate surface area is 223 Å². The first-order valence-corrected chi connectivity index (χ1v) is 13.5. The van der Waals surface area contributed by atoms with Crippen LogP contribution in [0, 0.1) is 18.3 Å². The Morgan fingerprint density at radius 2 is 1.97 bits per heavy atom. The van der Waals surface area contributed by atoms with E-state index in [2.05, 4.69) is 11.6 Å². The number of carbonyl (C=O) groups is 2. The van der Waals surface area contributed by atoms with E-state index < -0.39 is 41.7 Å². The van der Waals surface area contributed by atoms with Crippen LogP contribution in [0.4, 0.5) is 0 Å². The number of fused-ring (bicyclic) bond motifs is 1. The number of carbonyl (C=O) groups excluding carboxylic acids is 2. The fraction of sp³-hybridized carbons (Fsp3) is 0.567. The van der Waals surface area contributed by atoms with E-state index in [1.807, 2.05) is 31.2 Å². The number of ketones is 1. The number of cyclic esters (lactones) is 1. The van der Waals surface area contributed by atoms with Crippen molar-refractivity contribution in [1.29, 1.82) is 0 Å². The number of allylic oxidation sites excluding steroid dienone is 1. The molecule has 2 N–H and O–H groups in total. The average molecular weight is 526 g/mol. The summed E-state index contributed by atoms with van der Waals surface area (Å²) in [5.74, 6) is -1.04. The summed E-state index contributed by atoms with van der Waals surface area (Å²) in [4.78, 5) is 31.3. The van der Waals surface area contributed by atoms with Crippen molar-refractivity contribution in [2.24, 2.45) is 11.3 Å². The number of aliphatic hydroxyl groups is 2. The molecule has 0 saturated heterocycles. The summed E-state index contributed by atoms with van der Waals surface area (Å²) in [5, 5.41) is 22.3. The molecule has 8 nitrogen and oxygen atoms in total. The summed E-state index contributed by atoms with van der Waals surface area (Å²) in [7, 11) is 0. The number of benzene rings is 1. The van der Waals surface area contributed by atoms with Crippen molar-refractivity contribution in [2.75, 3.05) is 6.61 Å². The predicted octanol–water partition coefficient (Wildman–Crippen LogP) is 4.91. The van der Waals surface area contributed by atoms with Crippen LogP contribution in [0.15, 0.2) is 46.9 Å². The zero-order valence-corrected chi connectivity index (χ0v) is 22.5. The molecule has 1 saturated carbocycles. The summed E-state index contributed by atoms with van der Waals surface area (Å²) < 4.78 is 17.4. The number of ether oxygens (including phenoxy) is 2. The second kappa shape index (κ2) is 11.9. The number of rotatable bonds is 3. The molecule has 0 amide bonds. The number of hydrogen-bond acceptors (Lipinski definition) is 8. The van der Waals surface area contributed by atoms with Crippen LogP contribution in [0.1, 0.15) is 76.4 Å². The standard InChI is InChI=1S/C30H39NO7/c1-5-7-22-28(34)19(3)36-15-12-18(2)8-10-24(21-9-11-25-23(16-21)31-20(4)37-25)38-27(33)17-26(32)30(29(22)35)13-6-14-30/h5,8-9,11,16,19,22,24,26,28,32,34H,1,6-7,10,12-15,17H2,2-4H3/b18-8-/t19-,22-,24+,26+,28-/m1/s1. The minimum absolute atomic E-state index is 0.238. The molecule has 1 aliphatic carbocycles. The minimum atomic E-state index is -1.21. The lowest BCUT2D eigenvalue weighted by Gasteiger charge is -2.46. The summed E-state index contributed by atoms with van der Waals surface area (Å²) in [6, 6.07) is 5.52. The van der Waals surface area contributed by atoms with Gasteiger partial charge in [0.2, 0.25) is 0 Å². The molecular weight excluding hydrogens is 486 g/mol. The van der Waals surface area contributed by atoms with Gasteiger partial charge in [-0.05, 0) is 57.2 Å². The van der Waals surface area contributed by atoms with Gasteiger partial charge in [0.25, 0.3) is 0 Å². The van der Waals surface area contributed by atoms with Crippen molar-refractivity contribution in [3.8, 4) is 0 Å². The van der Waals surface area contributed by atoms with Crippen LogP contribution in [0.3, 0.4) is 0 Å². The van der Waals surface area contributed by atoms with Gasteiger partial charge in [-0.3, -0.25) is 9.59 Å². The molecule has 1 spiro atoms. The highest BCUT2D eigenvalue weighted by molar-refractivity contribution is 5.90. The summed E-state index contributed by atoms with van der Waals surface area (Å²) in [6.07, 6.45) is 2.90. The second-order valence-electron chi connectivity index (χ2n) is 10.8. The normalized spacial score (nSPS) is 30.9. The van der Waals surface area contributed by atoms with Crippen LogP contribution < -0.4 is 0 Å². The fourth-order valence-electron chi connectivity index (χ4n) is 5.57. The van der Waals surface area contributed by atoms with Gasteiger partial charge in [0.15, 0.2) is 11.5 Å². The van der Waals surface area contributed by atoms with Crippen molar-refractivity contribution >= 4 is 22.9 Å². The number of aryl methyl sites for hydroxylation is 1. The highest BCUT2D eigenvalue weighted by Crippen LogP contribution is 2.48. The molecule has 1 fully saturated rings. The van der Waals surface area contributed by atoms with Gasteiger partial charge in [0, 0.05) is 13.3 Å². The average Bonchev–Trinajstić information content (AvgIpc) is 3.22. The number of hydrogen-bond donors (Lipinski definition) is 2. The van der Waals surface area contributed by atoms with Gasteiger partial charge in [-0.2, -0.15) is 0 Å². The van der Waals surface area contributed by atoms with Crippen molar-refractivity contribution in [1.82, 2.24) is 4.98 Å². The van der Waals surface area contributed by atoms with E-state index in [1.54, 1.807) is 19.9 Å². The van der Waals surface area contributed by atoms with E-state index in [0.29, 0.717) is 49.3 Å². The van der Waals surface area contributed by atoms with Crippen LogP contribution >= 0.6 is 0 Å². The van der Waals surface area contributed by atoms with Gasteiger partial charge < -0.3 is 24.1 Å². The number of oxazole rings is 1. The number of aliphatic hydroxyl groups excluding tert-OH is 2. The summed E-state index contributed by atoms with van der Waals surface area (Å²) in [5.41, 5.74) is 2.06. The molecule has 206 valence electrons. The molecule has 8 heteroatoms. The number of nitrogens with zero attached hydrogens (tertiary/aromatic N) is 1. The Balaban J connectivity index is 1.64. The monoisotopic (exact) mass is 525 g/mol. The van der Waals surface area contributed by atoms with Crippen molar-refractivity contribution in [3.63, 3.8) is 0 Å². The van der Waals surface area contributed by atoms with Crippen LogP contribution in [-0.2, 0) is 19.1 Å². The summed E-state index contributed by atoms with van der Waals surface area (Å²) in [6.45, 7) is 9.65.